The van der Waals surface area contributed by atoms with Gasteiger partial charge >= 0.3 is 0 Å². The van der Waals surface area contributed by atoms with Crippen molar-refractivity contribution in [1.29, 1.82) is 0 Å². The Hall–Kier alpha value is -1.75. The summed E-state index contributed by atoms with van der Waals surface area (Å²) in [7, 11) is 3.21. The number of carbonyl (C=O) groups is 1. The molecular weight excluding hydrogens is 268 g/mol. The van der Waals surface area contributed by atoms with Gasteiger partial charge in [0.25, 0.3) is 0 Å². The van der Waals surface area contributed by atoms with E-state index in [0.717, 1.165) is 17.1 Å². The smallest absolute Gasteiger partial charge is 0.222 e. The number of amides is 1. The van der Waals surface area contributed by atoms with E-state index in [2.05, 4.69) is 5.32 Å². The van der Waals surface area contributed by atoms with Gasteiger partial charge in [-0.3, -0.25) is 4.79 Å². The Balaban J connectivity index is 2.78. The van der Waals surface area contributed by atoms with E-state index in [1.165, 1.54) is 0 Å². The number of carbonyl (C=O) groups excluding carboxylic acids is 1. The van der Waals surface area contributed by atoms with Gasteiger partial charge in [-0.25, -0.2) is 0 Å². The van der Waals surface area contributed by atoms with Gasteiger partial charge in [-0.05, 0) is 31.0 Å². The summed E-state index contributed by atoms with van der Waals surface area (Å²) in [6.07, 6.45) is 0.314. The topological polar surface area (TPSA) is 73.6 Å². The lowest BCUT2D eigenvalue weighted by Crippen LogP contribution is -2.36. The van der Waals surface area contributed by atoms with Crippen molar-refractivity contribution in [3.63, 3.8) is 0 Å². The molecule has 0 heterocycles. The van der Waals surface area contributed by atoms with Crippen molar-refractivity contribution in [3.05, 3.63) is 23.8 Å². The highest BCUT2D eigenvalue weighted by atomic mass is 16.5. The maximum absolute atomic E-state index is 12.0. The van der Waals surface area contributed by atoms with Crippen LogP contribution in [0.2, 0.25) is 0 Å². The Bertz CT molecular complexity index is 475. The molecule has 0 radical (unpaired) electrons. The average Bonchev–Trinajstić information content (AvgIpc) is 2.45. The van der Waals surface area contributed by atoms with Crippen LogP contribution < -0.4 is 20.5 Å². The molecule has 2 unspecified atom stereocenters. The molecule has 5 nitrogen and oxygen atoms in total. The Kier molecular flexibility index (Phi) is 6.49. The largest absolute Gasteiger partial charge is 0.497 e. The van der Waals surface area contributed by atoms with Gasteiger partial charge in [0.15, 0.2) is 0 Å². The Labute approximate surface area is 126 Å². The highest BCUT2D eigenvalue weighted by molar-refractivity contribution is 5.77. The molecule has 1 aromatic carbocycles. The second-order valence-corrected chi connectivity index (χ2v) is 5.51. The third-order valence-electron chi connectivity index (χ3n) is 3.56. The number of rotatable bonds is 7. The lowest BCUT2D eigenvalue weighted by atomic mass is 10.0. The van der Waals surface area contributed by atoms with Gasteiger partial charge in [0.05, 0.1) is 20.3 Å². The number of benzene rings is 1. The molecule has 3 N–H and O–H groups in total. The third kappa shape index (κ3) is 4.93. The molecule has 0 bridgehead atoms. The zero-order valence-electron chi connectivity index (χ0n) is 13.5. The van der Waals surface area contributed by atoms with Crippen LogP contribution in [0.25, 0.3) is 0 Å². The van der Waals surface area contributed by atoms with Crippen LogP contribution in [0.15, 0.2) is 18.2 Å². The molecule has 0 saturated heterocycles. The standard InChI is InChI=1S/C16H26N2O3/c1-10(2)14(17)9-16(19)18-11(3)13-8-12(20-4)6-7-15(13)21-5/h6-8,10-11,14H,9,17H2,1-5H3,(H,18,19). The van der Waals surface area contributed by atoms with Gasteiger partial charge in [-0.2, -0.15) is 0 Å². The number of hydrogen-bond donors (Lipinski definition) is 2. The van der Waals surface area contributed by atoms with Crippen LogP contribution in [-0.4, -0.2) is 26.2 Å². The zero-order chi connectivity index (χ0) is 16.0. The van der Waals surface area contributed by atoms with E-state index in [1.54, 1.807) is 14.2 Å². The Morgan fingerprint density at radius 3 is 2.43 bits per heavy atom. The molecule has 2 atom stereocenters. The average molecular weight is 294 g/mol. The summed E-state index contributed by atoms with van der Waals surface area (Å²) in [4.78, 5) is 12.0. The number of ether oxygens (including phenoxy) is 2. The normalized spacial score (nSPS) is 13.7. The highest BCUT2D eigenvalue weighted by Crippen LogP contribution is 2.29. The Morgan fingerprint density at radius 1 is 1.24 bits per heavy atom. The first-order chi connectivity index (χ1) is 9.88. The van der Waals surface area contributed by atoms with Crippen LogP contribution in [0, 0.1) is 5.92 Å². The predicted octanol–water partition coefficient (Wildman–Crippen LogP) is 2.25. The molecule has 0 fully saturated rings. The number of nitrogens with two attached hydrogens (primary N) is 1. The van der Waals surface area contributed by atoms with Crippen LogP contribution in [-0.2, 0) is 4.79 Å². The Morgan fingerprint density at radius 2 is 1.90 bits per heavy atom. The monoisotopic (exact) mass is 294 g/mol. The molecule has 0 aliphatic carbocycles. The summed E-state index contributed by atoms with van der Waals surface area (Å²) < 4.78 is 10.6. The first kappa shape index (κ1) is 17.3. The van der Waals surface area contributed by atoms with Crippen LogP contribution >= 0.6 is 0 Å². The van der Waals surface area contributed by atoms with Crippen molar-refractivity contribution < 1.29 is 14.3 Å². The van der Waals surface area contributed by atoms with Gasteiger partial charge < -0.3 is 20.5 Å². The lowest BCUT2D eigenvalue weighted by molar-refractivity contribution is -0.122. The predicted molar refractivity (Wildman–Crippen MR) is 83.5 cm³/mol. The summed E-state index contributed by atoms with van der Waals surface area (Å²) in [5.74, 6) is 1.66. The van der Waals surface area contributed by atoms with Crippen LogP contribution in [0.5, 0.6) is 11.5 Å². The number of nitrogens with one attached hydrogen (secondary N) is 1. The van der Waals surface area contributed by atoms with Crippen molar-refractivity contribution in [2.45, 2.75) is 39.3 Å². The summed E-state index contributed by atoms with van der Waals surface area (Å²) in [6, 6.07) is 5.21. The molecule has 1 aromatic rings. The number of methoxy groups -OCH3 is 2. The lowest BCUT2D eigenvalue weighted by Gasteiger charge is -2.20. The van der Waals surface area contributed by atoms with Crippen molar-refractivity contribution in [3.8, 4) is 11.5 Å². The maximum atomic E-state index is 12.0. The zero-order valence-corrected chi connectivity index (χ0v) is 13.5. The van der Waals surface area contributed by atoms with E-state index < -0.39 is 0 Å². The molecule has 0 aromatic heterocycles. The van der Waals surface area contributed by atoms with E-state index in [1.807, 2.05) is 39.0 Å². The van der Waals surface area contributed by atoms with E-state index in [4.69, 9.17) is 15.2 Å². The molecule has 1 amide bonds. The quantitative estimate of drug-likeness (QED) is 0.809. The summed E-state index contributed by atoms with van der Waals surface area (Å²) in [6.45, 7) is 5.93. The van der Waals surface area contributed by atoms with Crippen molar-refractivity contribution >= 4 is 5.91 Å². The van der Waals surface area contributed by atoms with Gasteiger partial charge in [0, 0.05) is 18.0 Å². The van der Waals surface area contributed by atoms with E-state index >= 15 is 0 Å². The second-order valence-electron chi connectivity index (χ2n) is 5.51. The molecule has 118 valence electrons. The number of hydrogen-bond acceptors (Lipinski definition) is 4. The minimum atomic E-state index is -0.179. The summed E-state index contributed by atoms with van der Waals surface area (Å²) >= 11 is 0. The minimum Gasteiger partial charge on any atom is -0.497 e. The summed E-state index contributed by atoms with van der Waals surface area (Å²) in [5, 5.41) is 2.95. The first-order valence-electron chi connectivity index (χ1n) is 7.15. The molecule has 0 saturated carbocycles. The van der Waals surface area contributed by atoms with E-state index in [-0.39, 0.29) is 23.9 Å². The molecule has 0 aliphatic rings. The van der Waals surface area contributed by atoms with E-state index in [0.29, 0.717) is 6.42 Å². The SMILES string of the molecule is COc1ccc(OC)c(C(C)NC(=O)CC(N)C(C)C)c1. The van der Waals surface area contributed by atoms with Gasteiger partial charge in [-0.15, -0.1) is 0 Å². The fourth-order valence-electron chi connectivity index (χ4n) is 2.01. The minimum absolute atomic E-state index is 0.0615. The van der Waals surface area contributed by atoms with Gasteiger partial charge in [-0.1, -0.05) is 13.8 Å². The van der Waals surface area contributed by atoms with Crippen LogP contribution in [0.3, 0.4) is 0 Å². The van der Waals surface area contributed by atoms with Crippen molar-refractivity contribution in [2.75, 3.05) is 14.2 Å². The van der Waals surface area contributed by atoms with Gasteiger partial charge in [0.1, 0.15) is 11.5 Å². The van der Waals surface area contributed by atoms with Crippen molar-refractivity contribution in [1.82, 2.24) is 5.32 Å². The molecule has 21 heavy (non-hydrogen) atoms. The molecule has 1 rings (SSSR count). The van der Waals surface area contributed by atoms with Crippen LogP contribution in [0.4, 0.5) is 0 Å². The van der Waals surface area contributed by atoms with Gasteiger partial charge in [0.2, 0.25) is 5.91 Å². The fraction of sp³-hybridized carbons (Fsp3) is 0.562. The molecular formula is C16H26N2O3. The third-order valence-corrected chi connectivity index (χ3v) is 3.56. The van der Waals surface area contributed by atoms with E-state index in [9.17, 15) is 4.79 Å². The highest BCUT2D eigenvalue weighted by Gasteiger charge is 2.18. The van der Waals surface area contributed by atoms with Crippen molar-refractivity contribution in [2.24, 2.45) is 11.7 Å². The molecule has 0 aliphatic heterocycles. The fourth-order valence-corrected chi connectivity index (χ4v) is 2.01. The first-order valence-corrected chi connectivity index (χ1v) is 7.15. The maximum Gasteiger partial charge on any atom is 0.222 e. The molecule has 5 heteroatoms. The summed E-state index contributed by atoms with van der Waals surface area (Å²) in [5.41, 5.74) is 6.81. The molecule has 0 spiro atoms. The van der Waals surface area contributed by atoms with Crippen LogP contribution in [0.1, 0.15) is 38.8 Å². The second kappa shape index (κ2) is 7.88.